The lowest BCUT2D eigenvalue weighted by atomic mass is 10.0. The molecule has 0 saturated carbocycles. The van der Waals surface area contributed by atoms with E-state index in [1.165, 1.54) is 11.1 Å². The van der Waals surface area contributed by atoms with Crippen LogP contribution in [-0.2, 0) is 9.84 Å². The molecule has 0 aromatic heterocycles. The summed E-state index contributed by atoms with van der Waals surface area (Å²) in [4.78, 5) is 2.28. The number of hydrogen-bond donors (Lipinski definition) is 1. The lowest BCUT2D eigenvalue weighted by molar-refractivity contribution is 0.277. The van der Waals surface area contributed by atoms with Gasteiger partial charge >= 0.3 is 0 Å². The van der Waals surface area contributed by atoms with E-state index < -0.39 is 9.84 Å². The fourth-order valence-electron chi connectivity index (χ4n) is 2.89. The maximum Gasteiger partial charge on any atom is 0.151 e. The highest BCUT2D eigenvalue weighted by atomic mass is 32.2. The van der Waals surface area contributed by atoms with Gasteiger partial charge in [-0.25, -0.2) is 8.42 Å². The fraction of sp³-hybridized carbons (Fsp3) is 0.625. The molecular weight excluding hydrogens is 284 g/mol. The molecule has 1 atom stereocenters. The number of sulfone groups is 1. The molecule has 1 saturated heterocycles. The Kier molecular flexibility index (Phi) is 5.79. The monoisotopic (exact) mass is 310 g/mol. The van der Waals surface area contributed by atoms with Crippen LogP contribution in [0.2, 0.25) is 0 Å². The molecule has 21 heavy (non-hydrogen) atoms. The van der Waals surface area contributed by atoms with Crippen LogP contribution in [0.3, 0.4) is 0 Å². The topological polar surface area (TPSA) is 49.4 Å². The van der Waals surface area contributed by atoms with Crippen molar-refractivity contribution in [2.45, 2.75) is 25.8 Å². The minimum atomic E-state index is -2.81. The van der Waals surface area contributed by atoms with Crippen LogP contribution in [0.1, 0.15) is 30.0 Å². The van der Waals surface area contributed by atoms with Crippen molar-refractivity contribution in [3.05, 3.63) is 35.4 Å². The van der Waals surface area contributed by atoms with Gasteiger partial charge in [0.05, 0.1) is 11.5 Å². The normalized spacial score (nSPS) is 20.9. The molecule has 1 N–H and O–H groups in total. The zero-order chi connectivity index (χ0) is 15.3. The van der Waals surface area contributed by atoms with E-state index in [-0.39, 0.29) is 0 Å². The van der Waals surface area contributed by atoms with E-state index in [9.17, 15) is 8.42 Å². The third-order valence-corrected chi connectivity index (χ3v) is 5.89. The Balaban J connectivity index is 1.91. The first-order chi connectivity index (χ1) is 10.00. The van der Waals surface area contributed by atoms with Gasteiger partial charge in [-0.15, -0.1) is 0 Å². The molecule has 118 valence electrons. The summed E-state index contributed by atoms with van der Waals surface area (Å²) in [5, 5.41) is 3.37. The van der Waals surface area contributed by atoms with Crippen molar-refractivity contribution in [1.29, 1.82) is 0 Å². The molecule has 1 aromatic carbocycles. The SMILES string of the molecule is CNC(CCN1CCCS(=O)(=O)CC1)c1cccc(C)c1. The Morgan fingerprint density at radius 2 is 2.10 bits per heavy atom. The second-order valence-electron chi connectivity index (χ2n) is 5.89. The number of nitrogens with one attached hydrogen (secondary N) is 1. The predicted octanol–water partition coefficient (Wildman–Crippen LogP) is 1.77. The van der Waals surface area contributed by atoms with Crippen LogP contribution < -0.4 is 5.32 Å². The Labute approximate surface area is 128 Å². The Morgan fingerprint density at radius 1 is 1.29 bits per heavy atom. The predicted molar refractivity (Wildman–Crippen MR) is 87.3 cm³/mol. The first-order valence-corrected chi connectivity index (χ1v) is 9.49. The van der Waals surface area contributed by atoms with Crippen molar-refractivity contribution in [2.75, 3.05) is 38.2 Å². The third kappa shape index (κ3) is 5.09. The van der Waals surface area contributed by atoms with E-state index in [4.69, 9.17) is 0 Å². The minimum absolute atomic E-state index is 0.307. The van der Waals surface area contributed by atoms with Crippen LogP contribution in [0.5, 0.6) is 0 Å². The summed E-state index contributed by atoms with van der Waals surface area (Å²) in [5.74, 6) is 0.651. The van der Waals surface area contributed by atoms with Crippen LogP contribution in [0.25, 0.3) is 0 Å². The first kappa shape index (κ1) is 16.5. The molecule has 2 rings (SSSR count). The van der Waals surface area contributed by atoms with Gasteiger partial charge in [-0.05, 0) is 45.5 Å². The minimum Gasteiger partial charge on any atom is -0.313 e. The smallest absolute Gasteiger partial charge is 0.151 e. The quantitative estimate of drug-likeness (QED) is 0.900. The molecular formula is C16H26N2O2S. The zero-order valence-electron chi connectivity index (χ0n) is 13.0. The summed E-state index contributed by atoms with van der Waals surface area (Å²) in [6, 6.07) is 8.89. The Hall–Kier alpha value is -0.910. The highest BCUT2D eigenvalue weighted by Gasteiger charge is 2.20. The van der Waals surface area contributed by atoms with Gasteiger partial charge in [0.15, 0.2) is 9.84 Å². The van der Waals surface area contributed by atoms with Gasteiger partial charge in [0, 0.05) is 12.6 Å². The van der Waals surface area contributed by atoms with E-state index in [0.29, 0.717) is 24.1 Å². The molecule has 1 unspecified atom stereocenters. The van der Waals surface area contributed by atoms with E-state index in [1.54, 1.807) is 0 Å². The molecule has 5 heteroatoms. The Morgan fingerprint density at radius 3 is 2.81 bits per heavy atom. The second-order valence-corrected chi connectivity index (χ2v) is 8.19. The van der Waals surface area contributed by atoms with E-state index in [1.807, 2.05) is 7.05 Å². The van der Waals surface area contributed by atoms with Gasteiger partial charge < -0.3 is 10.2 Å². The maximum atomic E-state index is 11.6. The van der Waals surface area contributed by atoms with E-state index in [2.05, 4.69) is 41.4 Å². The van der Waals surface area contributed by atoms with Crippen LogP contribution in [-0.4, -0.2) is 51.5 Å². The summed E-state index contributed by atoms with van der Waals surface area (Å²) in [5.41, 5.74) is 2.58. The molecule has 0 aliphatic carbocycles. The van der Waals surface area contributed by atoms with Gasteiger partial charge in [-0.3, -0.25) is 0 Å². The third-order valence-electron chi connectivity index (χ3n) is 4.18. The summed E-state index contributed by atoms with van der Waals surface area (Å²) < 4.78 is 23.3. The van der Waals surface area contributed by atoms with Crippen molar-refractivity contribution in [3.8, 4) is 0 Å². The molecule has 1 aliphatic rings. The largest absolute Gasteiger partial charge is 0.313 e. The number of hydrogen-bond acceptors (Lipinski definition) is 4. The Bertz CT molecular complexity index is 557. The molecule has 0 radical (unpaired) electrons. The highest BCUT2D eigenvalue weighted by Crippen LogP contribution is 2.18. The fourth-order valence-corrected chi connectivity index (χ4v) is 4.20. The molecule has 1 heterocycles. The van der Waals surface area contributed by atoms with Gasteiger partial charge in [0.2, 0.25) is 0 Å². The van der Waals surface area contributed by atoms with Gasteiger partial charge in [-0.1, -0.05) is 29.8 Å². The van der Waals surface area contributed by atoms with Crippen molar-refractivity contribution in [3.63, 3.8) is 0 Å². The van der Waals surface area contributed by atoms with Gasteiger partial charge in [0.25, 0.3) is 0 Å². The lowest BCUT2D eigenvalue weighted by Gasteiger charge is -2.23. The molecule has 1 fully saturated rings. The van der Waals surface area contributed by atoms with Crippen LogP contribution in [0, 0.1) is 6.92 Å². The molecule has 0 bridgehead atoms. The van der Waals surface area contributed by atoms with Gasteiger partial charge in [0.1, 0.15) is 0 Å². The van der Waals surface area contributed by atoms with Crippen LogP contribution >= 0.6 is 0 Å². The standard InChI is InChI=1S/C16H26N2O2S/c1-14-5-3-6-15(13-14)16(17-2)7-9-18-8-4-11-21(19,20)12-10-18/h3,5-6,13,16-17H,4,7-12H2,1-2H3. The van der Waals surface area contributed by atoms with Crippen molar-refractivity contribution in [2.24, 2.45) is 0 Å². The average molecular weight is 310 g/mol. The number of nitrogens with zero attached hydrogens (tertiary/aromatic N) is 1. The van der Waals surface area contributed by atoms with E-state index in [0.717, 1.165) is 25.9 Å². The van der Waals surface area contributed by atoms with Gasteiger partial charge in [-0.2, -0.15) is 0 Å². The highest BCUT2D eigenvalue weighted by molar-refractivity contribution is 7.91. The second kappa shape index (κ2) is 7.38. The lowest BCUT2D eigenvalue weighted by Crippen LogP contribution is -2.31. The molecule has 4 nitrogen and oxygen atoms in total. The van der Waals surface area contributed by atoms with Crippen molar-refractivity contribution < 1.29 is 8.42 Å². The van der Waals surface area contributed by atoms with Crippen molar-refractivity contribution in [1.82, 2.24) is 10.2 Å². The summed E-state index contributed by atoms with van der Waals surface area (Å²) >= 11 is 0. The zero-order valence-corrected chi connectivity index (χ0v) is 13.8. The summed E-state index contributed by atoms with van der Waals surface area (Å²) in [6.07, 6.45) is 1.76. The molecule has 0 spiro atoms. The van der Waals surface area contributed by atoms with Crippen molar-refractivity contribution >= 4 is 9.84 Å². The summed E-state index contributed by atoms with van der Waals surface area (Å²) in [6.45, 7) is 4.61. The molecule has 1 aliphatic heterocycles. The number of benzene rings is 1. The molecule has 1 aromatic rings. The maximum absolute atomic E-state index is 11.6. The van der Waals surface area contributed by atoms with Crippen LogP contribution in [0.4, 0.5) is 0 Å². The molecule has 0 amide bonds. The summed E-state index contributed by atoms with van der Waals surface area (Å²) in [7, 11) is -0.825. The van der Waals surface area contributed by atoms with Crippen LogP contribution in [0.15, 0.2) is 24.3 Å². The number of rotatable bonds is 5. The first-order valence-electron chi connectivity index (χ1n) is 7.67. The number of aryl methyl sites for hydroxylation is 1. The average Bonchev–Trinajstić information content (AvgIpc) is 2.61. The van der Waals surface area contributed by atoms with E-state index >= 15 is 0 Å².